The summed E-state index contributed by atoms with van der Waals surface area (Å²) in [5.41, 5.74) is -0.0798. The van der Waals surface area contributed by atoms with Gasteiger partial charge < -0.3 is 9.47 Å². The fourth-order valence-corrected chi connectivity index (χ4v) is 2.02. The second-order valence-corrected chi connectivity index (χ2v) is 4.77. The van der Waals surface area contributed by atoms with Crippen LogP contribution in [0.3, 0.4) is 0 Å². The van der Waals surface area contributed by atoms with E-state index < -0.39 is 5.97 Å². The molecule has 1 heterocycles. The SMILES string of the molecule is CCOC(=O)C(C#N)=C[C@H]1CCOC(C)(C)C1. The molecule has 0 spiro atoms. The number of hydrogen-bond acceptors (Lipinski definition) is 4. The molecule has 17 heavy (non-hydrogen) atoms. The van der Waals surface area contributed by atoms with Crippen molar-refractivity contribution < 1.29 is 14.3 Å². The van der Waals surface area contributed by atoms with Gasteiger partial charge in [-0.05, 0) is 39.5 Å². The van der Waals surface area contributed by atoms with Gasteiger partial charge in [0.15, 0.2) is 0 Å². The Morgan fingerprint density at radius 1 is 1.65 bits per heavy atom. The molecule has 1 aliphatic heterocycles. The molecule has 0 radical (unpaired) electrons. The van der Waals surface area contributed by atoms with Crippen LogP contribution in [0.15, 0.2) is 11.6 Å². The molecule has 0 aromatic rings. The first-order valence-electron chi connectivity index (χ1n) is 5.91. The van der Waals surface area contributed by atoms with Gasteiger partial charge in [-0.15, -0.1) is 0 Å². The van der Waals surface area contributed by atoms with Gasteiger partial charge in [0.05, 0.1) is 12.2 Å². The van der Waals surface area contributed by atoms with Gasteiger partial charge in [-0.3, -0.25) is 0 Å². The Morgan fingerprint density at radius 2 is 2.35 bits per heavy atom. The molecule has 0 aromatic heterocycles. The van der Waals surface area contributed by atoms with Crippen LogP contribution in [0.1, 0.15) is 33.6 Å². The standard InChI is InChI=1S/C13H19NO3/c1-4-16-12(15)11(9-14)7-10-5-6-17-13(2,3)8-10/h7,10H,4-6,8H2,1-3H3/t10-/m1/s1. The van der Waals surface area contributed by atoms with E-state index >= 15 is 0 Å². The van der Waals surface area contributed by atoms with E-state index in [1.807, 2.05) is 19.9 Å². The second-order valence-electron chi connectivity index (χ2n) is 4.77. The molecular weight excluding hydrogens is 218 g/mol. The minimum atomic E-state index is -0.528. The molecule has 1 aliphatic rings. The van der Waals surface area contributed by atoms with Crippen molar-refractivity contribution in [2.75, 3.05) is 13.2 Å². The summed E-state index contributed by atoms with van der Waals surface area (Å²) in [5, 5.41) is 8.93. The third-order valence-electron chi connectivity index (χ3n) is 2.75. The van der Waals surface area contributed by atoms with Crippen LogP contribution in [-0.4, -0.2) is 24.8 Å². The highest BCUT2D eigenvalue weighted by atomic mass is 16.5. The van der Waals surface area contributed by atoms with E-state index in [4.69, 9.17) is 14.7 Å². The lowest BCUT2D eigenvalue weighted by atomic mass is 9.87. The fourth-order valence-electron chi connectivity index (χ4n) is 2.02. The summed E-state index contributed by atoms with van der Waals surface area (Å²) in [4.78, 5) is 11.5. The van der Waals surface area contributed by atoms with E-state index in [-0.39, 0.29) is 23.7 Å². The second kappa shape index (κ2) is 5.83. The number of carbonyl (C=O) groups is 1. The van der Waals surface area contributed by atoms with Crippen LogP contribution in [0.5, 0.6) is 0 Å². The van der Waals surface area contributed by atoms with Crippen LogP contribution in [0.25, 0.3) is 0 Å². The Kier molecular flexibility index (Phi) is 4.71. The normalized spacial score (nSPS) is 23.9. The third kappa shape index (κ3) is 4.20. The van der Waals surface area contributed by atoms with Gasteiger partial charge >= 0.3 is 5.97 Å². The molecule has 4 nitrogen and oxygen atoms in total. The molecule has 4 heteroatoms. The maximum atomic E-state index is 11.5. The minimum Gasteiger partial charge on any atom is -0.462 e. The van der Waals surface area contributed by atoms with Crippen molar-refractivity contribution >= 4 is 5.97 Å². The Bertz CT molecular complexity index is 352. The number of rotatable bonds is 3. The van der Waals surface area contributed by atoms with Crippen molar-refractivity contribution in [2.24, 2.45) is 5.92 Å². The smallest absolute Gasteiger partial charge is 0.348 e. The lowest BCUT2D eigenvalue weighted by Gasteiger charge is -2.34. The van der Waals surface area contributed by atoms with Crippen molar-refractivity contribution in [3.05, 3.63) is 11.6 Å². The van der Waals surface area contributed by atoms with Crippen molar-refractivity contribution in [3.8, 4) is 6.07 Å². The van der Waals surface area contributed by atoms with Crippen molar-refractivity contribution in [2.45, 2.75) is 39.2 Å². The van der Waals surface area contributed by atoms with Gasteiger partial charge in [0.2, 0.25) is 0 Å². The van der Waals surface area contributed by atoms with Crippen molar-refractivity contribution in [1.29, 1.82) is 5.26 Å². The van der Waals surface area contributed by atoms with E-state index in [0.717, 1.165) is 12.8 Å². The average Bonchev–Trinajstić information content (AvgIpc) is 2.24. The number of hydrogen-bond donors (Lipinski definition) is 0. The molecule has 1 saturated heterocycles. The molecule has 0 amide bonds. The molecule has 0 saturated carbocycles. The van der Waals surface area contributed by atoms with Crippen LogP contribution in [0.4, 0.5) is 0 Å². The first-order valence-corrected chi connectivity index (χ1v) is 5.91. The molecule has 1 rings (SSSR count). The van der Waals surface area contributed by atoms with E-state index in [1.54, 1.807) is 13.0 Å². The molecule has 0 bridgehead atoms. The van der Waals surface area contributed by atoms with Gasteiger partial charge in [-0.25, -0.2) is 4.79 Å². The maximum Gasteiger partial charge on any atom is 0.348 e. The number of esters is 1. The summed E-state index contributed by atoms with van der Waals surface area (Å²) in [6.07, 6.45) is 3.38. The quantitative estimate of drug-likeness (QED) is 0.429. The summed E-state index contributed by atoms with van der Waals surface area (Å²) in [5.74, 6) is -0.322. The third-order valence-corrected chi connectivity index (χ3v) is 2.75. The summed E-state index contributed by atoms with van der Waals surface area (Å²) in [6, 6.07) is 1.91. The van der Waals surface area contributed by atoms with Gasteiger partial charge in [-0.2, -0.15) is 5.26 Å². The van der Waals surface area contributed by atoms with Crippen LogP contribution >= 0.6 is 0 Å². The van der Waals surface area contributed by atoms with E-state index in [1.165, 1.54) is 0 Å². The maximum absolute atomic E-state index is 11.5. The number of carbonyl (C=O) groups excluding carboxylic acids is 1. The topological polar surface area (TPSA) is 59.3 Å². The van der Waals surface area contributed by atoms with E-state index in [0.29, 0.717) is 6.61 Å². The zero-order valence-corrected chi connectivity index (χ0v) is 10.7. The molecule has 0 aliphatic carbocycles. The number of nitrogens with zero attached hydrogens (tertiary/aromatic N) is 1. The van der Waals surface area contributed by atoms with Gasteiger partial charge in [-0.1, -0.05) is 6.08 Å². The molecule has 1 fully saturated rings. The summed E-state index contributed by atoms with van der Waals surface area (Å²) in [6.45, 7) is 6.71. The molecule has 0 unspecified atom stereocenters. The van der Waals surface area contributed by atoms with Gasteiger partial charge in [0.1, 0.15) is 11.6 Å². The fraction of sp³-hybridized carbons (Fsp3) is 0.692. The first-order chi connectivity index (χ1) is 7.98. The average molecular weight is 237 g/mol. The van der Waals surface area contributed by atoms with Gasteiger partial charge in [0.25, 0.3) is 0 Å². The van der Waals surface area contributed by atoms with Crippen LogP contribution < -0.4 is 0 Å². The zero-order valence-electron chi connectivity index (χ0n) is 10.7. The van der Waals surface area contributed by atoms with Crippen molar-refractivity contribution in [3.63, 3.8) is 0 Å². The van der Waals surface area contributed by atoms with Gasteiger partial charge in [0, 0.05) is 6.61 Å². The highest BCUT2D eigenvalue weighted by Crippen LogP contribution is 2.30. The van der Waals surface area contributed by atoms with Crippen molar-refractivity contribution in [1.82, 2.24) is 0 Å². The summed E-state index contributed by atoms with van der Waals surface area (Å²) in [7, 11) is 0. The Morgan fingerprint density at radius 3 is 2.88 bits per heavy atom. The van der Waals surface area contributed by atoms with Crippen LogP contribution in [-0.2, 0) is 14.3 Å². The number of allylic oxidation sites excluding steroid dienone is 1. The number of nitriles is 1. The zero-order chi connectivity index (χ0) is 12.9. The molecule has 94 valence electrons. The highest BCUT2D eigenvalue weighted by Gasteiger charge is 2.28. The lowest BCUT2D eigenvalue weighted by molar-refractivity contribution is -0.138. The van der Waals surface area contributed by atoms with Crippen LogP contribution in [0, 0.1) is 17.2 Å². The first kappa shape index (κ1) is 13.7. The monoisotopic (exact) mass is 237 g/mol. The molecular formula is C13H19NO3. The predicted molar refractivity (Wildman–Crippen MR) is 63.1 cm³/mol. The highest BCUT2D eigenvalue weighted by molar-refractivity contribution is 5.92. The largest absolute Gasteiger partial charge is 0.462 e. The Hall–Kier alpha value is -1.34. The Labute approximate surface area is 102 Å². The van der Waals surface area contributed by atoms with E-state index in [2.05, 4.69) is 0 Å². The summed E-state index contributed by atoms with van der Waals surface area (Å²) >= 11 is 0. The summed E-state index contributed by atoms with van der Waals surface area (Å²) < 4.78 is 10.4. The molecule has 0 N–H and O–H groups in total. The predicted octanol–water partition coefficient (Wildman–Crippen LogP) is 2.20. The Balaban J connectivity index is 2.72. The number of ether oxygens (including phenoxy) is 2. The lowest BCUT2D eigenvalue weighted by Crippen LogP contribution is -2.33. The van der Waals surface area contributed by atoms with E-state index in [9.17, 15) is 4.79 Å². The van der Waals surface area contributed by atoms with Crippen LogP contribution in [0.2, 0.25) is 0 Å². The minimum absolute atomic E-state index is 0.106. The molecule has 1 atom stereocenters. The molecule has 0 aromatic carbocycles.